The summed E-state index contributed by atoms with van der Waals surface area (Å²) in [7, 11) is 0. The summed E-state index contributed by atoms with van der Waals surface area (Å²) in [5.41, 5.74) is 2.22. The summed E-state index contributed by atoms with van der Waals surface area (Å²) in [6, 6.07) is 0.747. The molecule has 2 unspecified atom stereocenters. The lowest BCUT2D eigenvalue weighted by Gasteiger charge is -2.44. The molecule has 3 rings (SSSR count). The highest BCUT2D eigenvalue weighted by atomic mass is 16.5. The molecule has 2 aliphatic rings. The van der Waals surface area contributed by atoms with Gasteiger partial charge in [0.1, 0.15) is 5.76 Å². The van der Waals surface area contributed by atoms with Gasteiger partial charge in [-0.05, 0) is 46.5 Å². The van der Waals surface area contributed by atoms with Gasteiger partial charge in [-0.1, -0.05) is 5.16 Å². The fourth-order valence-electron chi connectivity index (χ4n) is 3.81. The van der Waals surface area contributed by atoms with Gasteiger partial charge in [0.15, 0.2) is 0 Å². The standard InChI is InChI=1S/C16H26N2O3/c1-11(15-12(2)18-21-13(15)3)17-14-4-7-20-16(10-14)5-8-19-9-6-16/h11,14,17H,4-10H2,1-3H3. The molecule has 21 heavy (non-hydrogen) atoms. The summed E-state index contributed by atoms with van der Waals surface area (Å²) in [4.78, 5) is 0. The van der Waals surface area contributed by atoms with E-state index >= 15 is 0 Å². The van der Waals surface area contributed by atoms with Crippen LogP contribution in [0.2, 0.25) is 0 Å². The third-order valence-corrected chi connectivity index (χ3v) is 4.90. The van der Waals surface area contributed by atoms with E-state index in [1.165, 1.54) is 5.56 Å². The van der Waals surface area contributed by atoms with Crippen LogP contribution in [0.4, 0.5) is 0 Å². The summed E-state index contributed by atoms with van der Waals surface area (Å²) in [6.07, 6.45) is 4.18. The molecular formula is C16H26N2O3. The van der Waals surface area contributed by atoms with Gasteiger partial charge in [0.25, 0.3) is 0 Å². The fourth-order valence-corrected chi connectivity index (χ4v) is 3.81. The highest BCUT2D eigenvalue weighted by Gasteiger charge is 2.39. The van der Waals surface area contributed by atoms with Gasteiger partial charge in [0, 0.05) is 37.5 Å². The first-order chi connectivity index (χ1) is 10.1. The van der Waals surface area contributed by atoms with Gasteiger partial charge in [0.05, 0.1) is 11.3 Å². The van der Waals surface area contributed by atoms with Crippen LogP contribution in [0.1, 0.15) is 55.7 Å². The number of aryl methyl sites for hydroxylation is 2. The van der Waals surface area contributed by atoms with E-state index in [-0.39, 0.29) is 11.6 Å². The van der Waals surface area contributed by atoms with Crippen LogP contribution in [0.3, 0.4) is 0 Å². The molecule has 118 valence electrons. The average Bonchev–Trinajstić information content (AvgIpc) is 2.79. The largest absolute Gasteiger partial charge is 0.381 e. The Morgan fingerprint density at radius 3 is 2.67 bits per heavy atom. The van der Waals surface area contributed by atoms with Crippen LogP contribution in [0, 0.1) is 13.8 Å². The van der Waals surface area contributed by atoms with Gasteiger partial charge >= 0.3 is 0 Å². The van der Waals surface area contributed by atoms with Crippen LogP contribution in [-0.2, 0) is 9.47 Å². The normalized spacial score (nSPS) is 26.9. The Kier molecular flexibility index (Phi) is 4.33. The number of ether oxygens (including phenoxy) is 2. The van der Waals surface area contributed by atoms with E-state index in [0.717, 1.165) is 57.0 Å². The molecule has 1 N–H and O–H groups in total. The minimum absolute atomic E-state index is 0.0343. The zero-order valence-electron chi connectivity index (χ0n) is 13.3. The summed E-state index contributed by atoms with van der Waals surface area (Å²) in [6.45, 7) is 8.67. The lowest BCUT2D eigenvalue weighted by Crippen LogP contribution is -2.50. The molecule has 2 fully saturated rings. The Morgan fingerprint density at radius 1 is 1.24 bits per heavy atom. The molecule has 0 radical (unpaired) electrons. The molecule has 5 nitrogen and oxygen atoms in total. The Balaban J connectivity index is 1.64. The lowest BCUT2D eigenvalue weighted by atomic mass is 9.83. The van der Waals surface area contributed by atoms with Crippen molar-refractivity contribution in [3.8, 4) is 0 Å². The Morgan fingerprint density at radius 2 is 2.00 bits per heavy atom. The summed E-state index contributed by atoms with van der Waals surface area (Å²) in [5, 5.41) is 7.81. The summed E-state index contributed by atoms with van der Waals surface area (Å²) >= 11 is 0. The summed E-state index contributed by atoms with van der Waals surface area (Å²) < 4.78 is 16.9. The lowest BCUT2D eigenvalue weighted by molar-refractivity contribution is -0.140. The van der Waals surface area contributed by atoms with Gasteiger partial charge < -0.3 is 19.3 Å². The second-order valence-electron chi connectivity index (χ2n) is 6.46. The second kappa shape index (κ2) is 6.07. The van der Waals surface area contributed by atoms with E-state index in [4.69, 9.17) is 14.0 Å². The maximum atomic E-state index is 6.11. The number of nitrogens with one attached hydrogen (secondary N) is 1. The van der Waals surface area contributed by atoms with E-state index in [9.17, 15) is 0 Å². The number of aromatic nitrogens is 1. The van der Waals surface area contributed by atoms with Crippen molar-refractivity contribution in [2.24, 2.45) is 0 Å². The predicted molar refractivity (Wildman–Crippen MR) is 79.3 cm³/mol. The van der Waals surface area contributed by atoms with Crippen molar-refractivity contribution in [3.05, 3.63) is 17.0 Å². The Bertz CT molecular complexity index is 455. The molecule has 0 aromatic carbocycles. The maximum absolute atomic E-state index is 6.11. The SMILES string of the molecule is Cc1noc(C)c1C(C)NC1CCOC2(CCOCC2)C1. The van der Waals surface area contributed by atoms with Crippen molar-refractivity contribution < 1.29 is 14.0 Å². The highest BCUT2D eigenvalue weighted by molar-refractivity contribution is 5.24. The first-order valence-corrected chi connectivity index (χ1v) is 8.00. The van der Waals surface area contributed by atoms with Crippen molar-refractivity contribution in [2.75, 3.05) is 19.8 Å². The molecule has 2 saturated heterocycles. The first-order valence-electron chi connectivity index (χ1n) is 8.00. The molecule has 0 bridgehead atoms. The van der Waals surface area contributed by atoms with Crippen LogP contribution in [-0.4, -0.2) is 36.6 Å². The smallest absolute Gasteiger partial charge is 0.138 e. The van der Waals surface area contributed by atoms with Crippen molar-refractivity contribution in [1.82, 2.24) is 10.5 Å². The van der Waals surface area contributed by atoms with Crippen molar-refractivity contribution in [3.63, 3.8) is 0 Å². The number of nitrogens with zero attached hydrogens (tertiary/aromatic N) is 1. The van der Waals surface area contributed by atoms with Crippen LogP contribution in [0.25, 0.3) is 0 Å². The quantitative estimate of drug-likeness (QED) is 0.929. The van der Waals surface area contributed by atoms with Gasteiger partial charge in [-0.2, -0.15) is 0 Å². The molecule has 0 saturated carbocycles. The van der Waals surface area contributed by atoms with Crippen molar-refractivity contribution >= 4 is 0 Å². The third kappa shape index (κ3) is 3.15. The molecular weight excluding hydrogens is 268 g/mol. The number of rotatable bonds is 3. The van der Waals surface area contributed by atoms with Crippen LogP contribution in [0.5, 0.6) is 0 Å². The third-order valence-electron chi connectivity index (χ3n) is 4.90. The molecule has 3 heterocycles. The van der Waals surface area contributed by atoms with E-state index in [1.54, 1.807) is 0 Å². The average molecular weight is 294 g/mol. The highest BCUT2D eigenvalue weighted by Crippen LogP contribution is 2.35. The van der Waals surface area contributed by atoms with Gasteiger partial charge in [0.2, 0.25) is 0 Å². The number of hydrogen-bond acceptors (Lipinski definition) is 5. The van der Waals surface area contributed by atoms with Crippen LogP contribution in [0.15, 0.2) is 4.52 Å². The van der Waals surface area contributed by atoms with E-state index in [1.807, 2.05) is 13.8 Å². The van der Waals surface area contributed by atoms with E-state index < -0.39 is 0 Å². The van der Waals surface area contributed by atoms with Gasteiger partial charge in [-0.25, -0.2) is 0 Å². The minimum atomic E-state index is 0.0343. The fraction of sp³-hybridized carbons (Fsp3) is 0.812. The monoisotopic (exact) mass is 294 g/mol. The Hall–Kier alpha value is -0.910. The first kappa shape index (κ1) is 15.0. The Labute approximate surface area is 126 Å². The van der Waals surface area contributed by atoms with Gasteiger partial charge in [-0.3, -0.25) is 0 Å². The number of hydrogen-bond donors (Lipinski definition) is 1. The molecule has 1 spiro atoms. The molecule has 5 heteroatoms. The predicted octanol–water partition coefficient (Wildman–Crippen LogP) is 2.67. The molecule has 2 aliphatic heterocycles. The van der Waals surface area contributed by atoms with Gasteiger partial charge in [-0.15, -0.1) is 0 Å². The second-order valence-corrected chi connectivity index (χ2v) is 6.46. The topological polar surface area (TPSA) is 56.5 Å². The molecule has 1 aromatic heterocycles. The molecule has 1 aromatic rings. The van der Waals surface area contributed by atoms with Crippen molar-refractivity contribution in [1.29, 1.82) is 0 Å². The minimum Gasteiger partial charge on any atom is -0.381 e. The van der Waals surface area contributed by atoms with Crippen molar-refractivity contribution in [2.45, 2.75) is 64.1 Å². The molecule has 2 atom stereocenters. The van der Waals surface area contributed by atoms with Crippen LogP contribution >= 0.6 is 0 Å². The van der Waals surface area contributed by atoms with Crippen LogP contribution < -0.4 is 5.32 Å². The molecule has 0 amide bonds. The zero-order valence-corrected chi connectivity index (χ0v) is 13.3. The van der Waals surface area contributed by atoms with E-state index in [2.05, 4.69) is 17.4 Å². The molecule has 0 aliphatic carbocycles. The maximum Gasteiger partial charge on any atom is 0.138 e. The zero-order chi connectivity index (χ0) is 14.9. The van der Waals surface area contributed by atoms with E-state index in [0.29, 0.717) is 6.04 Å². The summed E-state index contributed by atoms with van der Waals surface area (Å²) in [5.74, 6) is 0.917.